The number of halogens is 1. The Morgan fingerprint density at radius 1 is 1.08 bits per heavy atom. The number of likely N-dealkylation sites (tertiary alicyclic amines) is 1. The summed E-state index contributed by atoms with van der Waals surface area (Å²) < 4.78 is 2.19. The molecule has 1 saturated heterocycles. The van der Waals surface area contributed by atoms with Crippen LogP contribution in [-0.2, 0) is 16.1 Å². The lowest BCUT2D eigenvalue weighted by Gasteiger charge is -2.34. The molecule has 1 saturated carbocycles. The minimum absolute atomic E-state index is 0.0102. The maximum Gasteiger partial charge on any atom is 0.248 e. The highest BCUT2D eigenvalue weighted by Gasteiger charge is 2.51. The summed E-state index contributed by atoms with van der Waals surface area (Å²) in [5, 5.41) is 8.07. The Morgan fingerprint density at radius 3 is 2.62 bits per heavy atom. The third kappa shape index (κ3) is 4.71. The van der Waals surface area contributed by atoms with Crippen LogP contribution in [0.5, 0.6) is 0 Å². The lowest BCUT2D eigenvalue weighted by atomic mass is 9.97. The van der Waals surface area contributed by atoms with Crippen LogP contribution in [0.1, 0.15) is 42.5 Å². The van der Waals surface area contributed by atoms with Gasteiger partial charge in [-0.15, -0.1) is 0 Å². The number of Topliss-reactive ketones (excluding diaryl/α,β-unsaturated/α-hetero) is 1. The zero-order valence-corrected chi connectivity index (χ0v) is 23.1. The number of hydrogen-bond donors (Lipinski definition) is 1. The highest BCUT2D eigenvalue weighted by molar-refractivity contribution is 9.10. The number of aryl methyl sites for hydroxylation is 1. The quantitative estimate of drug-likeness (QED) is 0.265. The van der Waals surface area contributed by atoms with E-state index in [4.69, 9.17) is 0 Å². The second-order valence-electron chi connectivity index (χ2n) is 10.1. The van der Waals surface area contributed by atoms with E-state index >= 15 is 0 Å². The topological polar surface area (TPSA) is 123 Å². The van der Waals surface area contributed by atoms with Crippen molar-refractivity contribution in [3.63, 3.8) is 0 Å². The minimum atomic E-state index is -0.570. The van der Waals surface area contributed by atoms with Crippen LogP contribution >= 0.6 is 15.9 Å². The van der Waals surface area contributed by atoms with Gasteiger partial charge in [-0.25, -0.2) is 15.0 Å². The van der Waals surface area contributed by atoms with E-state index in [0.717, 1.165) is 30.4 Å². The number of nitrogens with zero attached hydrogens (tertiary/aromatic N) is 6. The first kappa shape index (κ1) is 25.3. The average molecular weight is 588 g/mol. The van der Waals surface area contributed by atoms with Crippen LogP contribution < -0.4 is 5.32 Å². The molecule has 2 aliphatic rings. The summed E-state index contributed by atoms with van der Waals surface area (Å²) in [6.45, 7) is 3.21. The van der Waals surface area contributed by atoms with Crippen LogP contribution in [0.3, 0.4) is 0 Å². The fourth-order valence-electron chi connectivity index (χ4n) is 5.85. The van der Waals surface area contributed by atoms with Crippen molar-refractivity contribution in [2.75, 3.05) is 5.32 Å². The molecule has 39 heavy (non-hydrogen) atoms. The number of pyridine rings is 1. The molecule has 2 bridgehead atoms. The number of fused-ring (bicyclic) bond motifs is 3. The fraction of sp³-hybridized carbons (Fsp3) is 0.321. The Balaban J connectivity index is 1.29. The van der Waals surface area contributed by atoms with Crippen LogP contribution in [0.25, 0.3) is 22.0 Å². The number of hydrogen-bond acceptors (Lipinski definition) is 7. The largest absolute Gasteiger partial charge is 0.326 e. The maximum absolute atomic E-state index is 13.7. The second-order valence-corrected chi connectivity index (χ2v) is 10.9. The number of anilines is 1. The van der Waals surface area contributed by atoms with Crippen molar-refractivity contribution in [2.24, 2.45) is 5.92 Å². The Labute approximate surface area is 233 Å². The molecule has 2 amide bonds. The van der Waals surface area contributed by atoms with E-state index in [1.54, 1.807) is 40.2 Å². The molecule has 4 heterocycles. The van der Waals surface area contributed by atoms with E-state index < -0.39 is 6.04 Å². The monoisotopic (exact) mass is 587 g/mol. The number of amides is 2. The number of benzene rings is 1. The van der Waals surface area contributed by atoms with Crippen LogP contribution in [0.2, 0.25) is 0 Å². The van der Waals surface area contributed by atoms with E-state index in [1.165, 1.54) is 6.92 Å². The molecule has 6 rings (SSSR count). The summed E-state index contributed by atoms with van der Waals surface area (Å²) in [7, 11) is 0. The molecule has 1 aliphatic heterocycles. The van der Waals surface area contributed by atoms with Gasteiger partial charge in [0.05, 0.1) is 5.52 Å². The van der Waals surface area contributed by atoms with E-state index in [-0.39, 0.29) is 36.1 Å². The van der Waals surface area contributed by atoms with Crippen molar-refractivity contribution < 1.29 is 14.4 Å². The predicted molar refractivity (Wildman–Crippen MR) is 148 cm³/mol. The number of rotatable bonds is 6. The van der Waals surface area contributed by atoms with Gasteiger partial charge in [0, 0.05) is 36.3 Å². The van der Waals surface area contributed by atoms with Gasteiger partial charge in [-0.05, 0) is 77.9 Å². The normalized spacial score (nSPS) is 20.0. The SMILES string of the molecule is CC(=O)c1nn(CC(=O)N2[C@H]3CC[C@H](C3)[C@H]2C(=O)Nc2cccc(Br)n2)c2ccc(-c3cnc(C)nc3)cc12. The zero-order valence-electron chi connectivity index (χ0n) is 21.5. The Kier molecular flexibility index (Phi) is 6.46. The maximum atomic E-state index is 13.7. The van der Waals surface area contributed by atoms with Crippen LogP contribution in [-0.4, -0.2) is 59.3 Å². The zero-order chi connectivity index (χ0) is 27.3. The number of aromatic nitrogens is 5. The summed E-state index contributed by atoms with van der Waals surface area (Å²) in [6.07, 6.45) is 6.06. The van der Waals surface area contributed by atoms with Crippen molar-refractivity contribution in [1.29, 1.82) is 0 Å². The van der Waals surface area contributed by atoms with Gasteiger partial charge in [0.2, 0.25) is 11.8 Å². The molecule has 4 aromatic rings. The van der Waals surface area contributed by atoms with Crippen LogP contribution in [0.15, 0.2) is 53.4 Å². The third-order valence-corrected chi connectivity index (χ3v) is 8.03. The molecule has 11 heteroatoms. The summed E-state index contributed by atoms with van der Waals surface area (Å²) in [4.78, 5) is 54.1. The van der Waals surface area contributed by atoms with Crippen molar-refractivity contribution in [1.82, 2.24) is 29.6 Å². The molecule has 1 aliphatic carbocycles. The van der Waals surface area contributed by atoms with Gasteiger partial charge in [-0.2, -0.15) is 5.10 Å². The first-order chi connectivity index (χ1) is 18.8. The molecule has 3 aromatic heterocycles. The smallest absolute Gasteiger partial charge is 0.248 e. The van der Waals surface area contributed by atoms with Crippen molar-refractivity contribution >= 4 is 50.2 Å². The first-order valence-electron chi connectivity index (χ1n) is 12.8. The van der Waals surface area contributed by atoms with Gasteiger partial charge < -0.3 is 10.2 Å². The molecule has 2 fully saturated rings. The van der Waals surface area contributed by atoms with E-state index in [0.29, 0.717) is 32.8 Å². The number of piperidine rings is 1. The van der Waals surface area contributed by atoms with Gasteiger partial charge in [0.1, 0.15) is 34.5 Å². The molecular weight excluding hydrogens is 562 g/mol. The molecule has 3 atom stereocenters. The highest BCUT2D eigenvalue weighted by Crippen LogP contribution is 2.43. The summed E-state index contributed by atoms with van der Waals surface area (Å²) >= 11 is 3.33. The molecule has 0 radical (unpaired) electrons. The first-order valence-corrected chi connectivity index (χ1v) is 13.6. The molecule has 1 N–H and O–H groups in total. The fourth-order valence-corrected chi connectivity index (χ4v) is 6.20. The summed E-state index contributed by atoms with van der Waals surface area (Å²) in [6, 6.07) is 10.4. The molecule has 10 nitrogen and oxygen atoms in total. The van der Waals surface area contributed by atoms with Crippen molar-refractivity contribution in [2.45, 2.75) is 51.7 Å². The van der Waals surface area contributed by atoms with Gasteiger partial charge >= 0.3 is 0 Å². The van der Waals surface area contributed by atoms with Crippen molar-refractivity contribution in [3.8, 4) is 11.1 Å². The van der Waals surface area contributed by atoms with Crippen molar-refractivity contribution in [3.05, 3.63) is 64.9 Å². The highest BCUT2D eigenvalue weighted by atomic mass is 79.9. The lowest BCUT2D eigenvalue weighted by molar-refractivity contribution is -0.141. The Bertz CT molecular complexity index is 1620. The summed E-state index contributed by atoms with van der Waals surface area (Å²) in [5.41, 5.74) is 2.65. The van der Waals surface area contributed by atoms with E-state index in [2.05, 4.69) is 41.3 Å². The van der Waals surface area contributed by atoms with Gasteiger partial charge in [-0.1, -0.05) is 12.1 Å². The number of carbonyl (C=O) groups excluding carboxylic acids is 3. The Morgan fingerprint density at radius 2 is 1.87 bits per heavy atom. The Hall–Kier alpha value is -3.99. The standard InChI is InChI=1S/C28H26BrN7O3/c1-15(37)26-21-11-17(19-12-30-16(2)31-13-19)7-9-22(21)35(34-26)14-25(38)36-20-8-6-18(10-20)27(36)28(39)33-24-5-3-4-23(29)32-24/h3-5,7,9,11-13,18,20,27H,6,8,10,14H2,1-2H3,(H,32,33,39)/t18-,20+,27+/m1/s1. The van der Waals surface area contributed by atoms with E-state index in [9.17, 15) is 14.4 Å². The minimum Gasteiger partial charge on any atom is -0.326 e. The lowest BCUT2D eigenvalue weighted by Crippen LogP contribution is -2.52. The van der Waals surface area contributed by atoms with Gasteiger partial charge in [0.15, 0.2) is 5.78 Å². The average Bonchev–Trinajstić information content (AvgIpc) is 3.62. The van der Waals surface area contributed by atoms with Crippen LogP contribution in [0.4, 0.5) is 5.82 Å². The third-order valence-electron chi connectivity index (χ3n) is 7.59. The number of ketones is 1. The van der Waals surface area contributed by atoms with E-state index in [1.807, 2.05) is 25.1 Å². The van der Waals surface area contributed by atoms with Crippen LogP contribution in [0, 0.1) is 12.8 Å². The molecular formula is C28H26BrN7O3. The number of nitrogens with one attached hydrogen (secondary N) is 1. The summed E-state index contributed by atoms with van der Waals surface area (Å²) in [5.74, 6) is 0.588. The van der Waals surface area contributed by atoms with Gasteiger partial charge in [-0.3, -0.25) is 19.1 Å². The van der Waals surface area contributed by atoms with Gasteiger partial charge in [0.25, 0.3) is 0 Å². The molecule has 0 spiro atoms. The predicted octanol–water partition coefficient (Wildman–Crippen LogP) is 4.18. The molecule has 0 unspecified atom stereocenters. The number of carbonyl (C=O) groups is 3. The second kappa shape index (κ2) is 9.96. The molecule has 198 valence electrons. The molecule has 1 aromatic carbocycles.